The van der Waals surface area contributed by atoms with Crippen molar-refractivity contribution in [2.45, 2.75) is 37.6 Å². The van der Waals surface area contributed by atoms with Crippen LogP contribution in [0.15, 0.2) is 0 Å². The summed E-state index contributed by atoms with van der Waals surface area (Å²) in [5.74, 6) is 0.191. The Kier molecular flexibility index (Phi) is 3.40. The first-order valence-corrected chi connectivity index (χ1v) is 6.30. The van der Waals surface area contributed by atoms with Gasteiger partial charge in [-0.15, -0.1) is 12.4 Å². The summed E-state index contributed by atoms with van der Waals surface area (Å²) in [6.07, 6.45) is 5.10. The van der Waals surface area contributed by atoms with Gasteiger partial charge >= 0.3 is 0 Å². The zero-order chi connectivity index (χ0) is 11.2. The normalized spacial score (nSPS) is 28.9. The van der Waals surface area contributed by atoms with E-state index in [-0.39, 0.29) is 18.3 Å². The van der Waals surface area contributed by atoms with E-state index in [0.717, 1.165) is 58.4 Å². The number of hydrogen-bond donors (Lipinski definition) is 1. The quantitative estimate of drug-likeness (QED) is 0.763. The molecule has 1 amide bonds. The van der Waals surface area contributed by atoms with E-state index < -0.39 is 5.54 Å². The monoisotopic (exact) mass is 260 g/mol. The molecule has 1 saturated carbocycles. The maximum absolute atomic E-state index is 12.1. The van der Waals surface area contributed by atoms with Crippen LogP contribution in [0.5, 0.6) is 0 Å². The lowest BCUT2D eigenvalue weighted by atomic mass is 9.80. The van der Waals surface area contributed by atoms with Gasteiger partial charge in [-0.2, -0.15) is 0 Å². The fraction of sp³-hybridized carbons (Fsp3) is 0.917. The summed E-state index contributed by atoms with van der Waals surface area (Å²) in [6.45, 7) is 3.53. The zero-order valence-corrected chi connectivity index (χ0v) is 10.9. The molecule has 2 heterocycles. The Hall–Kier alpha value is -0.320. The number of halogens is 1. The average molecular weight is 261 g/mol. The summed E-state index contributed by atoms with van der Waals surface area (Å²) in [4.78, 5) is 14.1. The molecule has 4 nitrogen and oxygen atoms in total. The summed E-state index contributed by atoms with van der Waals surface area (Å²) in [5.41, 5.74) is 5.83. The molecule has 1 spiro atoms. The van der Waals surface area contributed by atoms with Gasteiger partial charge in [-0.05, 0) is 37.5 Å². The van der Waals surface area contributed by atoms with Crippen LogP contribution in [0.2, 0.25) is 0 Å². The van der Waals surface area contributed by atoms with Gasteiger partial charge in [0.1, 0.15) is 0 Å². The lowest BCUT2D eigenvalue weighted by Gasteiger charge is -2.33. The Morgan fingerprint density at radius 3 is 2.35 bits per heavy atom. The molecule has 1 aliphatic carbocycles. The van der Waals surface area contributed by atoms with Crippen LogP contribution in [-0.4, -0.2) is 42.6 Å². The Morgan fingerprint density at radius 1 is 1.12 bits per heavy atom. The van der Waals surface area contributed by atoms with Crippen molar-refractivity contribution in [2.75, 3.05) is 26.3 Å². The van der Waals surface area contributed by atoms with Crippen LogP contribution in [0, 0.1) is 5.41 Å². The van der Waals surface area contributed by atoms with E-state index in [0.29, 0.717) is 5.41 Å². The molecular formula is C12H21ClN2O2. The van der Waals surface area contributed by atoms with Crippen molar-refractivity contribution in [3.05, 3.63) is 0 Å². The topological polar surface area (TPSA) is 55.6 Å². The highest BCUT2D eigenvalue weighted by atomic mass is 35.5. The third-order valence-corrected chi connectivity index (χ3v) is 4.49. The van der Waals surface area contributed by atoms with Gasteiger partial charge in [0.2, 0.25) is 5.91 Å². The van der Waals surface area contributed by atoms with Gasteiger partial charge in [0, 0.05) is 26.3 Å². The van der Waals surface area contributed by atoms with Crippen molar-refractivity contribution in [3.63, 3.8) is 0 Å². The fourth-order valence-electron chi connectivity index (χ4n) is 2.98. The van der Waals surface area contributed by atoms with E-state index in [1.807, 2.05) is 4.90 Å². The van der Waals surface area contributed by atoms with Crippen LogP contribution in [0.1, 0.15) is 32.1 Å². The highest BCUT2D eigenvalue weighted by molar-refractivity contribution is 5.89. The summed E-state index contributed by atoms with van der Waals surface area (Å²) >= 11 is 0. The Morgan fingerprint density at radius 2 is 1.76 bits per heavy atom. The van der Waals surface area contributed by atoms with Gasteiger partial charge in [0.25, 0.3) is 0 Å². The molecule has 3 aliphatic rings. The Bertz CT molecular complexity index is 312. The standard InChI is InChI=1S/C12H20N2O2.ClH/c13-12(1-2-12)10(15)14-6-3-11(9-14)4-7-16-8-5-11;/h1-9,13H2;1H. The van der Waals surface area contributed by atoms with Gasteiger partial charge < -0.3 is 15.4 Å². The van der Waals surface area contributed by atoms with E-state index in [1.165, 1.54) is 0 Å². The van der Waals surface area contributed by atoms with Crippen LogP contribution in [0.4, 0.5) is 0 Å². The molecule has 0 bridgehead atoms. The number of carbonyl (C=O) groups is 1. The molecule has 3 fully saturated rings. The molecule has 0 radical (unpaired) electrons. The number of hydrogen-bond acceptors (Lipinski definition) is 3. The number of nitrogens with two attached hydrogens (primary N) is 1. The predicted molar refractivity (Wildman–Crippen MR) is 67.1 cm³/mol. The average Bonchev–Trinajstić information content (AvgIpc) is 2.92. The number of nitrogens with zero attached hydrogens (tertiary/aromatic N) is 1. The highest BCUT2D eigenvalue weighted by Crippen LogP contribution is 2.42. The van der Waals surface area contributed by atoms with Crippen molar-refractivity contribution in [3.8, 4) is 0 Å². The zero-order valence-electron chi connectivity index (χ0n) is 10.1. The molecule has 3 rings (SSSR count). The molecule has 17 heavy (non-hydrogen) atoms. The minimum absolute atomic E-state index is 0. The smallest absolute Gasteiger partial charge is 0.242 e. The maximum atomic E-state index is 12.1. The number of rotatable bonds is 1. The molecule has 2 saturated heterocycles. The van der Waals surface area contributed by atoms with Crippen molar-refractivity contribution in [2.24, 2.45) is 11.1 Å². The van der Waals surface area contributed by atoms with Gasteiger partial charge in [-0.1, -0.05) is 0 Å². The minimum Gasteiger partial charge on any atom is -0.381 e. The second-order valence-electron chi connectivity index (χ2n) is 5.75. The third-order valence-electron chi connectivity index (χ3n) is 4.49. The third kappa shape index (κ3) is 2.30. The minimum atomic E-state index is -0.489. The van der Waals surface area contributed by atoms with Crippen molar-refractivity contribution < 1.29 is 9.53 Å². The lowest BCUT2D eigenvalue weighted by molar-refractivity contribution is -0.133. The first-order valence-electron chi connectivity index (χ1n) is 6.30. The highest BCUT2D eigenvalue weighted by Gasteiger charge is 2.51. The van der Waals surface area contributed by atoms with Crippen LogP contribution in [0.25, 0.3) is 0 Å². The van der Waals surface area contributed by atoms with Gasteiger partial charge in [0.05, 0.1) is 5.54 Å². The van der Waals surface area contributed by atoms with E-state index >= 15 is 0 Å². The maximum Gasteiger partial charge on any atom is 0.242 e. The van der Waals surface area contributed by atoms with Gasteiger partial charge in [-0.25, -0.2) is 0 Å². The second kappa shape index (κ2) is 4.41. The van der Waals surface area contributed by atoms with E-state index in [2.05, 4.69) is 0 Å². The molecule has 0 aromatic rings. The van der Waals surface area contributed by atoms with E-state index in [1.54, 1.807) is 0 Å². The van der Waals surface area contributed by atoms with Crippen molar-refractivity contribution in [1.29, 1.82) is 0 Å². The molecule has 2 aliphatic heterocycles. The summed E-state index contributed by atoms with van der Waals surface area (Å²) in [5, 5.41) is 0. The molecule has 98 valence electrons. The lowest BCUT2D eigenvalue weighted by Crippen LogP contribution is -2.45. The fourth-order valence-corrected chi connectivity index (χ4v) is 2.98. The van der Waals surface area contributed by atoms with Crippen LogP contribution >= 0.6 is 12.4 Å². The van der Waals surface area contributed by atoms with Gasteiger partial charge in [-0.3, -0.25) is 4.79 Å². The predicted octanol–water partition coefficient (Wildman–Crippen LogP) is 0.929. The largest absolute Gasteiger partial charge is 0.381 e. The molecule has 2 N–H and O–H groups in total. The first kappa shape index (κ1) is 13.1. The summed E-state index contributed by atoms with van der Waals surface area (Å²) in [7, 11) is 0. The van der Waals surface area contributed by atoms with Crippen LogP contribution in [-0.2, 0) is 9.53 Å². The second-order valence-corrected chi connectivity index (χ2v) is 5.75. The molecule has 0 atom stereocenters. The molecular weight excluding hydrogens is 240 g/mol. The first-order chi connectivity index (χ1) is 7.64. The molecule has 0 unspecified atom stereocenters. The van der Waals surface area contributed by atoms with Crippen LogP contribution < -0.4 is 5.73 Å². The van der Waals surface area contributed by atoms with E-state index in [9.17, 15) is 4.79 Å². The van der Waals surface area contributed by atoms with Crippen molar-refractivity contribution in [1.82, 2.24) is 4.90 Å². The molecule has 0 aromatic carbocycles. The Labute approximate surface area is 108 Å². The number of likely N-dealkylation sites (tertiary alicyclic amines) is 1. The molecule has 0 aromatic heterocycles. The van der Waals surface area contributed by atoms with Crippen LogP contribution in [0.3, 0.4) is 0 Å². The number of amides is 1. The number of carbonyl (C=O) groups excluding carboxylic acids is 1. The number of ether oxygens (including phenoxy) is 1. The summed E-state index contributed by atoms with van der Waals surface area (Å²) in [6, 6.07) is 0. The SMILES string of the molecule is Cl.NC1(C(=O)N2CCC3(CCOCC3)C2)CC1. The Balaban J connectivity index is 0.00000108. The summed E-state index contributed by atoms with van der Waals surface area (Å²) < 4.78 is 5.40. The van der Waals surface area contributed by atoms with Crippen molar-refractivity contribution >= 4 is 18.3 Å². The molecule has 5 heteroatoms. The van der Waals surface area contributed by atoms with Gasteiger partial charge in [0.15, 0.2) is 0 Å². The van der Waals surface area contributed by atoms with E-state index in [4.69, 9.17) is 10.5 Å².